The molecule has 1 aliphatic heterocycles. The summed E-state index contributed by atoms with van der Waals surface area (Å²) in [5.41, 5.74) is 0. The largest absolute Gasteiger partial charge is 0.362 e. The van der Waals surface area contributed by atoms with Crippen LogP contribution in [0.5, 0.6) is 0 Å². The maximum Gasteiger partial charge on any atom is 0.157 e. The Hall–Kier alpha value is -0.180. The predicted octanol–water partition coefficient (Wildman–Crippen LogP) is 3.67. The first-order valence-corrected chi connectivity index (χ1v) is 8.62. The van der Waals surface area contributed by atoms with Crippen molar-refractivity contribution < 1.29 is 0 Å². The fraction of sp³-hybridized carbons (Fsp3) is 0.933. The van der Waals surface area contributed by atoms with Gasteiger partial charge in [0.05, 0.1) is 6.54 Å². The van der Waals surface area contributed by atoms with E-state index in [1.807, 2.05) is 11.8 Å². The van der Waals surface area contributed by atoms with Gasteiger partial charge in [-0.05, 0) is 50.4 Å². The third-order valence-corrected chi connectivity index (χ3v) is 6.30. The van der Waals surface area contributed by atoms with E-state index in [0.717, 1.165) is 29.5 Å². The second kappa shape index (κ2) is 5.44. The number of aliphatic imine (C=N–C) groups is 1. The molecule has 2 fully saturated rings. The molecule has 0 amide bonds. The Morgan fingerprint density at radius 1 is 1.39 bits per heavy atom. The third-order valence-electron chi connectivity index (χ3n) is 5.11. The van der Waals surface area contributed by atoms with E-state index in [2.05, 4.69) is 24.2 Å². The van der Waals surface area contributed by atoms with Crippen LogP contribution in [0, 0.1) is 17.8 Å². The maximum absolute atomic E-state index is 4.68. The molecule has 1 heterocycles. The average molecular weight is 266 g/mol. The molecule has 5 atom stereocenters. The minimum absolute atomic E-state index is 0.631. The molecule has 102 valence electrons. The number of rotatable bonds is 4. The zero-order valence-electron chi connectivity index (χ0n) is 11.7. The first kappa shape index (κ1) is 12.8. The molecular weight excluding hydrogens is 240 g/mol. The molecule has 0 aromatic rings. The lowest BCUT2D eigenvalue weighted by molar-refractivity contribution is 0.279. The van der Waals surface area contributed by atoms with Crippen molar-refractivity contribution in [3.05, 3.63) is 0 Å². The Morgan fingerprint density at radius 2 is 2.28 bits per heavy atom. The van der Waals surface area contributed by atoms with Gasteiger partial charge in [-0.3, -0.25) is 4.99 Å². The Bertz CT molecular complexity index is 328. The molecule has 0 aromatic heterocycles. The highest BCUT2D eigenvalue weighted by Gasteiger charge is 2.42. The molecule has 18 heavy (non-hydrogen) atoms. The summed E-state index contributed by atoms with van der Waals surface area (Å²) >= 11 is 1.98. The van der Waals surface area contributed by atoms with Gasteiger partial charge in [0.25, 0.3) is 0 Å². The maximum atomic E-state index is 4.68. The molecule has 0 spiro atoms. The second-order valence-electron chi connectivity index (χ2n) is 6.45. The van der Waals surface area contributed by atoms with Crippen LogP contribution in [0.25, 0.3) is 0 Å². The topological polar surface area (TPSA) is 24.4 Å². The molecule has 2 saturated carbocycles. The Morgan fingerprint density at radius 3 is 2.94 bits per heavy atom. The first-order chi connectivity index (χ1) is 8.76. The highest BCUT2D eigenvalue weighted by atomic mass is 32.2. The summed E-state index contributed by atoms with van der Waals surface area (Å²) in [6.07, 6.45) is 8.55. The standard InChI is InChI=1S/C15H26N2S/c1-3-4-13-9-16-15(18-13)17-10(2)14-8-11-5-6-12(14)7-11/h10-14H,3-9H2,1-2H3,(H,16,17). The van der Waals surface area contributed by atoms with Crippen LogP contribution in [0.4, 0.5) is 0 Å². The lowest BCUT2D eigenvalue weighted by Crippen LogP contribution is -2.38. The van der Waals surface area contributed by atoms with Gasteiger partial charge in [-0.2, -0.15) is 0 Å². The summed E-state index contributed by atoms with van der Waals surface area (Å²) in [4.78, 5) is 4.68. The van der Waals surface area contributed by atoms with Crippen molar-refractivity contribution in [2.24, 2.45) is 22.7 Å². The van der Waals surface area contributed by atoms with Gasteiger partial charge in [-0.1, -0.05) is 31.5 Å². The smallest absolute Gasteiger partial charge is 0.157 e. The van der Waals surface area contributed by atoms with Crippen LogP contribution in [-0.4, -0.2) is 23.0 Å². The minimum Gasteiger partial charge on any atom is -0.362 e. The summed E-state index contributed by atoms with van der Waals surface area (Å²) in [6, 6.07) is 0.631. The zero-order chi connectivity index (χ0) is 12.5. The lowest BCUT2D eigenvalue weighted by atomic mass is 9.84. The van der Waals surface area contributed by atoms with E-state index in [4.69, 9.17) is 0 Å². The molecule has 2 nitrogen and oxygen atoms in total. The zero-order valence-corrected chi connectivity index (χ0v) is 12.5. The number of thioether (sulfide) groups is 1. The summed E-state index contributed by atoms with van der Waals surface area (Å²) in [6.45, 7) is 5.68. The molecule has 5 unspecified atom stereocenters. The van der Waals surface area contributed by atoms with Gasteiger partial charge < -0.3 is 5.32 Å². The Labute approximate surface area is 115 Å². The Kier molecular flexibility index (Phi) is 3.88. The molecule has 3 heteroatoms. The molecule has 0 radical (unpaired) electrons. The van der Waals surface area contributed by atoms with E-state index in [0.29, 0.717) is 6.04 Å². The van der Waals surface area contributed by atoms with E-state index in [1.165, 1.54) is 43.7 Å². The first-order valence-electron chi connectivity index (χ1n) is 7.74. The van der Waals surface area contributed by atoms with Gasteiger partial charge >= 0.3 is 0 Å². The van der Waals surface area contributed by atoms with Crippen LogP contribution < -0.4 is 5.32 Å². The van der Waals surface area contributed by atoms with Gasteiger partial charge in [-0.25, -0.2) is 0 Å². The van der Waals surface area contributed by atoms with Gasteiger partial charge in [-0.15, -0.1) is 0 Å². The molecular formula is C15H26N2S. The van der Waals surface area contributed by atoms with E-state index in [1.54, 1.807) is 0 Å². The molecule has 0 aromatic carbocycles. The number of hydrogen-bond donors (Lipinski definition) is 1. The van der Waals surface area contributed by atoms with Crippen LogP contribution in [0.3, 0.4) is 0 Å². The highest BCUT2D eigenvalue weighted by Crippen LogP contribution is 2.49. The van der Waals surface area contributed by atoms with Crippen molar-refractivity contribution in [1.29, 1.82) is 0 Å². The van der Waals surface area contributed by atoms with E-state index in [-0.39, 0.29) is 0 Å². The van der Waals surface area contributed by atoms with Crippen LogP contribution in [0.15, 0.2) is 4.99 Å². The van der Waals surface area contributed by atoms with Crippen LogP contribution >= 0.6 is 11.8 Å². The minimum atomic E-state index is 0.631. The van der Waals surface area contributed by atoms with Crippen molar-refractivity contribution in [3.63, 3.8) is 0 Å². The van der Waals surface area contributed by atoms with E-state index in [9.17, 15) is 0 Å². The van der Waals surface area contributed by atoms with E-state index >= 15 is 0 Å². The van der Waals surface area contributed by atoms with Gasteiger partial charge in [0.1, 0.15) is 0 Å². The predicted molar refractivity (Wildman–Crippen MR) is 80.1 cm³/mol. The lowest BCUT2D eigenvalue weighted by Gasteiger charge is -2.29. The summed E-state index contributed by atoms with van der Waals surface area (Å²) in [7, 11) is 0. The second-order valence-corrected chi connectivity index (χ2v) is 7.74. The van der Waals surface area contributed by atoms with Crippen molar-refractivity contribution in [2.45, 2.75) is 63.7 Å². The van der Waals surface area contributed by atoms with Gasteiger partial charge in [0.15, 0.2) is 5.17 Å². The SMILES string of the molecule is CCCC1CN=C(NC(C)C2CC3CCC2C3)S1. The van der Waals surface area contributed by atoms with Gasteiger partial charge in [0, 0.05) is 11.3 Å². The summed E-state index contributed by atoms with van der Waals surface area (Å²) in [5.74, 6) is 2.98. The van der Waals surface area contributed by atoms with Crippen LogP contribution in [0.2, 0.25) is 0 Å². The molecule has 1 N–H and O–H groups in total. The number of amidine groups is 1. The number of nitrogens with one attached hydrogen (secondary N) is 1. The number of fused-ring (bicyclic) bond motifs is 2. The van der Waals surface area contributed by atoms with Crippen molar-refractivity contribution >= 4 is 16.9 Å². The number of nitrogens with zero attached hydrogens (tertiary/aromatic N) is 1. The van der Waals surface area contributed by atoms with Crippen molar-refractivity contribution in [3.8, 4) is 0 Å². The summed E-state index contributed by atoms with van der Waals surface area (Å²) in [5, 5.41) is 5.67. The molecule has 2 aliphatic carbocycles. The van der Waals surface area contributed by atoms with E-state index < -0.39 is 0 Å². The monoisotopic (exact) mass is 266 g/mol. The van der Waals surface area contributed by atoms with Crippen LogP contribution in [0.1, 0.15) is 52.4 Å². The van der Waals surface area contributed by atoms with Crippen molar-refractivity contribution in [2.75, 3.05) is 6.54 Å². The summed E-state index contributed by atoms with van der Waals surface area (Å²) < 4.78 is 0. The molecule has 3 rings (SSSR count). The van der Waals surface area contributed by atoms with Gasteiger partial charge in [0.2, 0.25) is 0 Å². The fourth-order valence-electron chi connectivity index (χ4n) is 4.18. The third kappa shape index (κ3) is 2.56. The molecule has 0 saturated heterocycles. The van der Waals surface area contributed by atoms with Crippen LogP contribution in [-0.2, 0) is 0 Å². The Balaban J connectivity index is 1.48. The fourth-order valence-corrected chi connectivity index (χ4v) is 5.40. The van der Waals surface area contributed by atoms with Crippen molar-refractivity contribution in [1.82, 2.24) is 5.32 Å². The molecule has 3 aliphatic rings. The number of hydrogen-bond acceptors (Lipinski definition) is 3. The molecule has 2 bridgehead atoms. The highest BCUT2D eigenvalue weighted by molar-refractivity contribution is 8.14. The normalized spacial score (nSPS) is 40.0. The average Bonchev–Trinajstić information content (AvgIpc) is 3.05. The quantitative estimate of drug-likeness (QED) is 0.839.